The van der Waals surface area contributed by atoms with Gasteiger partial charge in [0, 0.05) is 34.5 Å². The molecule has 0 fully saturated rings. The van der Waals surface area contributed by atoms with Gasteiger partial charge in [-0.1, -0.05) is 0 Å². The number of hydrogen-bond donors (Lipinski definition) is 3. The van der Waals surface area contributed by atoms with Crippen LogP contribution >= 0.6 is 0 Å². The first-order chi connectivity index (χ1) is 15.4. The van der Waals surface area contributed by atoms with Crippen LogP contribution in [0.1, 0.15) is 26.3 Å². The third kappa shape index (κ3) is 5.45. The summed E-state index contributed by atoms with van der Waals surface area (Å²) in [6.45, 7) is 0. The van der Waals surface area contributed by atoms with Crippen LogP contribution in [0.2, 0.25) is 0 Å². The van der Waals surface area contributed by atoms with Gasteiger partial charge in [0.1, 0.15) is 11.5 Å². The summed E-state index contributed by atoms with van der Waals surface area (Å²) in [4.78, 5) is 34.7. The van der Waals surface area contributed by atoms with Gasteiger partial charge >= 0.3 is 0 Å². The van der Waals surface area contributed by atoms with E-state index in [9.17, 15) is 24.8 Å². The van der Waals surface area contributed by atoms with Crippen molar-refractivity contribution >= 4 is 29.4 Å². The first-order valence-corrected chi connectivity index (χ1v) is 9.23. The summed E-state index contributed by atoms with van der Waals surface area (Å²) in [5.74, 6) is -0.434. The van der Waals surface area contributed by atoms with Gasteiger partial charge in [0.15, 0.2) is 0 Å². The Morgan fingerprint density at radius 3 is 2.25 bits per heavy atom. The molecule has 0 radical (unpaired) electrons. The molecule has 0 bridgehead atoms. The zero-order chi connectivity index (χ0) is 23.1. The molecule has 0 heterocycles. The molecule has 10 heteroatoms. The molecule has 2 amide bonds. The van der Waals surface area contributed by atoms with E-state index in [4.69, 9.17) is 4.74 Å². The molecule has 3 N–H and O–H groups in total. The number of nitrogens with one attached hydrogen (secondary N) is 2. The molecule has 0 saturated carbocycles. The maximum atomic E-state index is 12.3. The maximum absolute atomic E-state index is 12.3. The summed E-state index contributed by atoms with van der Waals surface area (Å²) in [5.41, 5.74) is 3.35. The molecule has 3 rings (SSSR count). The number of methoxy groups -OCH3 is 1. The number of benzene rings is 3. The second kappa shape index (κ2) is 9.85. The van der Waals surface area contributed by atoms with Crippen molar-refractivity contribution in [1.82, 2.24) is 5.43 Å². The Labute approximate surface area is 182 Å². The lowest BCUT2D eigenvalue weighted by molar-refractivity contribution is -0.384. The molecule has 0 atom stereocenters. The number of anilines is 1. The molecule has 162 valence electrons. The molecule has 0 aromatic heterocycles. The van der Waals surface area contributed by atoms with Gasteiger partial charge in [0.05, 0.1) is 18.2 Å². The van der Waals surface area contributed by atoms with E-state index in [0.29, 0.717) is 17.0 Å². The Bertz CT molecular complexity index is 1170. The Hall–Kier alpha value is -4.73. The topological polar surface area (TPSA) is 143 Å². The predicted molar refractivity (Wildman–Crippen MR) is 117 cm³/mol. The highest BCUT2D eigenvalue weighted by atomic mass is 16.6. The maximum Gasteiger partial charge on any atom is 0.271 e. The average molecular weight is 434 g/mol. The SMILES string of the molecule is COc1ccc(C(=O)Nc2ccc(C(=O)N/N=C/c3cc([N+](=O)[O-])ccc3O)cc2)cc1. The van der Waals surface area contributed by atoms with Gasteiger partial charge in [0.25, 0.3) is 17.5 Å². The van der Waals surface area contributed by atoms with Crippen molar-refractivity contribution in [2.24, 2.45) is 5.10 Å². The van der Waals surface area contributed by atoms with Crippen LogP contribution in [0.15, 0.2) is 71.8 Å². The highest BCUT2D eigenvalue weighted by molar-refractivity contribution is 6.04. The van der Waals surface area contributed by atoms with Crippen LogP contribution in [-0.2, 0) is 0 Å². The van der Waals surface area contributed by atoms with Crippen LogP contribution in [0.5, 0.6) is 11.5 Å². The second-order valence-electron chi connectivity index (χ2n) is 6.46. The lowest BCUT2D eigenvalue weighted by atomic mass is 10.1. The Morgan fingerprint density at radius 2 is 1.62 bits per heavy atom. The number of hydrazone groups is 1. The number of rotatable bonds is 7. The van der Waals surface area contributed by atoms with Gasteiger partial charge in [-0.25, -0.2) is 5.43 Å². The molecule has 0 saturated heterocycles. The van der Waals surface area contributed by atoms with Crippen molar-refractivity contribution in [3.63, 3.8) is 0 Å². The first kappa shape index (κ1) is 22.0. The number of hydrogen-bond acceptors (Lipinski definition) is 7. The second-order valence-corrected chi connectivity index (χ2v) is 6.46. The number of aromatic hydroxyl groups is 1. The highest BCUT2D eigenvalue weighted by Crippen LogP contribution is 2.21. The molecule has 0 unspecified atom stereocenters. The van der Waals surface area contributed by atoms with Crippen molar-refractivity contribution in [1.29, 1.82) is 0 Å². The monoisotopic (exact) mass is 434 g/mol. The summed E-state index contributed by atoms with van der Waals surface area (Å²) in [6.07, 6.45) is 1.10. The van der Waals surface area contributed by atoms with E-state index in [1.807, 2.05) is 0 Å². The van der Waals surface area contributed by atoms with Crippen molar-refractivity contribution in [3.8, 4) is 11.5 Å². The van der Waals surface area contributed by atoms with Crippen LogP contribution in [0.4, 0.5) is 11.4 Å². The number of ether oxygens (including phenoxy) is 1. The van der Waals surface area contributed by atoms with E-state index in [1.54, 1.807) is 36.4 Å². The Kier molecular flexibility index (Phi) is 6.76. The lowest BCUT2D eigenvalue weighted by Gasteiger charge is -2.07. The molecule has 0 spiro atoms. The van der Waals surface area contributed by atoms with Gasteiger partial charge in [-0.15, -0.1) is 0 Å². The number of nitrogens with zero attached hydrogens (tertiary/aromatic N) is 2. The zero-order valence-electron chi connectivity index (χ0n) is 16.8. The molecule has 0 aliphatic heterocycles. The molecule has 32 heavy (non-hydrogen) atoms. The van der Waals surface area contributed by atoms with Gasteiger partial charge < -0.3 is 15.2 Å². The smallest absolute Gasteiger partial charge is 0.271 e. The quantitative estimate of drug-likeness (QED) is 0.296. The van der Waals surface area contributed by atoms with Gasteiger partial charge in [-0.05, 0) is 54.6 Å². The minimum Gasteiger partial charge on any atom is -0.507 e. The largest absolute Gasteiger partial charge is 0.507 e. The van der Waals surface area contributed by atoms with Crippen LogP contribution in [0.25, 0.3) is 0 Å². The third-order valence-corrected chi connectivity index (χ3v) is 4.35. The third-order valence-electron chi connectivity index (χ3n) is 4.35. The number of phenols is 1. The first-order valence-electron chi connectivity index (χ1n) is 9.23. The molecule has 3 aromatic rings. The fourth-order valence-corrected chi connectivity index (χ4v) is 2.63. The number of nitro groups is 1. The fraction of sp³-hybridized carbons (Fsp3) is 0.0455. The predicted octanol–water partition coefficient (Wildman–Crippen LogP) is 3.33. The standard InChI is InChI=1S/C22H18N4O6/c1-32-19-9-4-14(5-10-19)21(28)24-17-6-2-15(3-7-17)22(29)25-23-13-16-12-18(26(30)31)8-11-20(16)27/h2-13,27H,1H3,(H,24,28)(H,25,29)/b23-13+. The molecular formula is C22H18N4O6. The normalized spacial score (nSPS) is 10.5. The number of nitro benzene ring substituents is 1. The molecule has 0 aliphatic rings. The lowest BCUT2D eigenvalue weighted by Crippen LogP contribution is -2.18. The van der Waals surface area contributed by atoms with Crippen LogP contribution < -0.4 is 15.5 Å². The Morgan fingerprint density at radius 1 is 1.00 bits per heavy atom. The van der Waals surface area contributed by atoms with Crippen molar-refractivity contribution in [2.45, 2.75) is 0 Å². The fourth-order valence-electron chi connectivity index (χ4n) is 2.63. The van der Waals surface area contributed by atoms with Gasteiger partial charge in [-0.3, -0.25) is 19.7 Å². The van der Waals surface area contributed by atoms with Crippen LogP contribution in [0, 0.1) is 10.1 Å². The molecule has 0 aliphatic carbocycles. The van der Waals surface area contributed by atoms with Gasteiger partial charge in [0.2, 0.25) is 0 Å². The van der Waals surface area contributed by atoms with Crippen LogP contribution in [-0.4, -0.2) is 35.2 Å². The Balaban J connectivity index is 1.60. The summed E-state index contributed by atoms with van der Waals surface area (Å²) >= 11 is 0. The minimum absolute atomic E-state index is 0.0797. The van der Waals surface area contributed by atoms with Crippen molar-refractivity contribution in [3.05, 3.63) is 93.5 Å². The molecule has 3 aromatic carbocycles. The van der Waals surface area contributed by atoms with E-state index < -0.39 is 10.8 Å². The zero-order valence-corrected chi connectivity index (χ0v) is 16.8. The number of non-ortho nitro benzene ring substituents is 1. The van der Waals surface area contributed by atoms with E-state index in [2.05, 4.69) is 15.8 Å². The van der Waals surface area contributed by atoms with Crippen molar-refractivity contribution < 1.29 is 24.4 Å². The number of carbonyl (C=O) groups is 2. The summed E-state index contributed by atoms with van der Waals surface area (Å²) in [6, 6.07) is 16.2. The number of carbonyl (C=O) groups excluding carboxylic acids is 2. The van der Waals surface area contributed by atoms with E-state index in [0.717, 1.165) is 18.3 Å². The number of phenolic OH excluding ortho intramolecular Hbond substituents is 1. The highest BCUT2D eigenvalue weighted by Gasteiger charge is 2.10. The van der Waals surface area contributed by atoms with E-state index in [-0.39, 0.29) is 28.5 Å². The minimum atomic E-state index is -0.607. The van der Waals surface area contributed by atoms with E-state index >= 15 is 0 Å². The molecule has 10 nitrogen and oxygen atoms in total. The van der Waals surface area contributed by atoms with Gasteiger partial charge in [-0.2, -0.15) is 5.10 Å². The summed E-state index contributed by atoms with van der Waals surface area (Å²) in [7, 11) is 1.54. The summed E-state index contributed by atoms with van der Waals surface area (Å²) < 4.78 is 5.06. The van der Waals surface area contributed by atoms with Crippen LogP contribution in [0.3, 0.4) is 0 Å². The van der Waals surface area contributed by atoms with Crippen molar-refractivity contribution in [2.75, 3.05) is 12.4 Å². The average Bonchev–Trinajstić information content (AvgIpc) is 2.80. The number of amides is 2. The molecular weight excluding hydrogens is 416 g/mol. The van der Waals surface area contributed by atoms with E-state index in [1.165, 1.54) is 25.3 Å². The summed E-state index contributed by atoms with van der Waals surface area (Å²) in [5, 5.41) is 27.0.